The van der Waals surface area contributed by atoms with E-state index in [9.17, 15) is 9.50 Å². The van der Waals surface area contributed by atoms with E-state index in [4.69, 9.17) is 5.26 Å². The first-order chi connectivity index (χ1) is 5.50. The lowest BCUT2D eigenvalue weighted by molar-refractivity contribution is -0.0434. The Hall–Kier alpha value is -1.34. The maximum absolute atomic E-state index is 12.9. The summed E-state index contributed by atoms with van der Waals surface area (Å²) in [5.74, 6) is -0.663. The van der Waals surface area contributed by atoms with Crippen molar-refractivity contribution in [3.8, 4) is 6.07 Å². The Morgan fingerprint density at radius 3 is 2.75 bits per heavy atom. The fraction of sp³-hybridized carbons (Fsp3) is 0.375. The molecule has 0 aromatic heterocycles. The van der Waals surface area contributed by atoms with E-state index in [1.54, 1.807) is 0 Å². The Bertz CT molecular complexity index is 299. The fourth-order valence-corrected chi connectivity index (χ4v) is 0.929. The summed E-state index contributed by atoms with van der Waals surface area (Å²) >= 11 is 0. The molecule has 1 rings (SSSR count). The van der Waals surface area contributed by atoms with Gasteiger partial charge in [-0.3, -0.25) is 0 Å². The largest absolute Gasteiger partial charge is 0.365 e. The first kappa shape index (κ1) is 8.75. The third kappa shape index (κ3) is 1.08. The Morgan fingerprint density at radius 2 is 2.25 bits per heavy atom. The van der Waals surface area contributed by atoms with Crippen molar-refractivity contribution in [2.45, 2.75) is 12.6 Å². The SMILES string of the molecule is CN1C(C#N)=CC=C(F)C1(C)O. The molecule has 0 aromatic rings. The molecule has 0 radical (unpaired) electrons. The molecule has 1 unspecified atom stereocenters. The topological polar surface area (TPSA) is 47.3 Å². The Labute approximate surface area is 70.0 Å². The number of nitrogens with zero attached hydrogens (tertiary/aromatic N) is 2. The van der Waals surface area contributed by atoms with Crippen LogP contribution < -0.4 is 0 Å². The van der Waals surface area contributed by atoms with Crippen molar-refractivity contribution in [3.05, 3.63) is 23.7 Å². The van der Waals surface area contributed by atoms with Crippen molar-refractivity contribution < 1.29 is 9.50 Å². The third-order valence-corrected chi connectivity index (χ3v) is 1.97. The molecule has 3 nitrogen and oxygen atoms in total. The molecular formula is C8H9FN2O. The summed E-state index contributed by atoms with van der Waals surface area (Å²) in [7, 11) is 1.46. The van der Waals surface area contributed by atoms with Gasteiger partial charge >= 0.3 is 0 Å². The van der Waals surface area contributed by atoms with Crippen molar-refractivity contribution in [2.24, 2.45) is 0 Å². The summed E-state index contributed by atoms with van der Waals surface area (Å²) in [6.45, 7) is 1.29. The molecule has 0 saturated heterocycles. The number of rotatable bonds is 0. The quantitative estimate of drug-likeness (QED) is 0.584. The van der Waals surface area contributed by atoms with E-state index in [1.165, 1.54) is 24.9 Å². The van der Waals surface area contributed by atoms with Crippen LogP contribution in [0.25, 0.3) is 0 Å². The molecule has 1 N–H and O–H groups in total. The second kappa shape index (κ2) is 2.61. The maximum atomic E-state index is 12.9. The summed E-state index contributed by atoms with van der Waals surface area (Å²) in [6, 6.07) is 1.85. The lowest BCUT2D eigenvalue weighted by Crippen LogP contribution is -2.44. The smallest absolute Gasteiger partial charge is 0.188 e. The van der Waals surface area contributed by atoms with Gasteiger partial charge in [0, 0.05) is 7.05 Å². The predicted octanol–water partition coefficient (Wildman–Crippen LogP) is 0.901. The average Bonchev–Trinajstić information content (AvgIpc) is 2.02. The summed E-state index contributed by atoms with van der Waals surface area (Å²) in [5, 5.41) is 18.1. The minimum Gasteiger partial charge on any atom is -0.365 e. The van der Waals surface area contributed by atoms with Crippen LogP contribution in [0.4, 0.5) is 4.39 Å². The standard InChI is InChI=1S/C8H9FN2O/c1-8(12)7(9)4-3-6(5-10)11(8)2/h3-4,12H,1-2H3. The lowest BCUT2D eigenvalue weighted by Gasteiger charge is -2.35. The highest BCUT2D eigenvalue weighted by atomic mass is 19.1. The van der Waals surface area contributed by atoms with Gasteiger partial charge in [0.25, 0.3) is 0 Å². The molecule has 0 aromatic carbocycles. The number of hydrogen-bond donors (Lipinski definition) is 1. The molecule has 0 fully saturated rings. The molecule has 1 heterocycles. The number of hydrogen-bond acceptors (Lipinski definition) is 3. The van der Waals surface area contributed by atoms with Crippen LogP contribution in [0.1, 0.15) is 6.92 Å². The highest BCUT2D eigenvalue weighted by Crippen LogP contribution is 2.28. The van der Waals surface area contributed by atoms with Gasteiger partial charge in [0.15, 0.2) is 11.6 Å². The molecule has 0 bridgehead atoms. The Balaban J connectivity index is 3.11. The van der Waals surface area contributed by atoms with E-state index >= 15 is 0 Å². The predicted molar refractivity (Wildman–Crippen MR) is 41.3 cm³/mol. The van der Waals surface area contributed by atoms with E-state index in [-0.39, 0.29) is 5.70 Å². The monoisotopic (exact) mass is 168 g/mol. The van der Waals surface area contributed by atoms with Crippen LogP contribution >= 0.6 is 0 Å². The van der Waals surface area contributed by atoms with Gasteiger partial charge in [-0.05, 0) is 19.1 Å². The van der Waals surface area contributed by atoms with E-state index in [0.717, 1.165) is 6.08 Å². The van der Waals surface area contributed by atoms with Gasteiger partial charge in [0.05, 0.1) is 0 Å². The molecule has 0 amide bonds. The molecule has 4 heteroatoms. The molecule has 12 heavy (non-hydrogen) atoms. The maximum Gasteiger partial charge on any atom is 0.188 e. The zero-order valence-electron chi connectivity index (χ0n) is 6.87. The van der Waals surface area contributed by atoms with Crippen LogP contribution in [0, 0.1) is 11.3 Å². The minimum atomic E-state index is -1.69. The molecule has 0 saturated carbocycles. The highest BCUT2D eigenvalue weighted by molar-refractivity contribution is 5.33. The van der Waals surface area contributed by atoms with E-state index in [2.05, 4.69) is 0 Å². The molecule has 0 spiro atoms. The van der Waals surface area contributed by atoms with Crippen LogP contribution in [0.5, 0.6) is 0 Å². The first-order valence-electron chi connectivity index (χ1n) is 3.44. The van der Waals surface area contributed by atoms with Crippen molar-refractivity contribution in [3.63, 3.8) is 0 Å². The minimum absolute atomic E-state index is 0.237. The van der Waals surface area contributed by atoms with Gasteiger partial charge in [-0.1, -0.05) is 0 Å². The summed E-state index contributed by atoms with van der Waals surface area (Å²) < 4.78 is 12.9. The zero-order valence-corrected chi connectivity index (χ0v) is 6.87. The van der Waals surface area contributed by atoms with E-state index in [0.29, 0.717) is 0 Å². The zero-order chi connectivity index (χ0) is 9.35. The van der Waals surface area contributed by atoms with E-state index < -0.39 is 11.6 Å². The summed E-state index contributed by atoms with van der Waals surface area (Å²) in [5.41, 5.74) is -1.46. The van der Waals surface area contributed by atoms with E-state index in [1.807, 2.05) is 6.07 Å². The van der Waals surface area contributed by atoms with Crippen molar-refractivity contribution in [1.82, 2.24) is 4.90 Å². The van der Waals surface area contributed by atoms with Gasteiger partial charge < -0.3 is 10.0 Å². The number of likely N-dealkylation sites (N-methyl/N-ethyl adjacent to an activating group) is 1. The highest BCUT2D eigenvalue weighted by Gasteiger charge is 2.34. The Morgan fingerprint density at radius 1 is 1.67 bits per heavy atom. The van der Waals surface area contributed by atoms with Crippen molar-refractivity contribution in [1.29, 1.82) is 5.26 Å². The van der Waals surface area contributed by atoms with Crippen molar-refractivity contribution in [2.75, 3.05) is 7.05 Å². The fourth-order valence-electron chi connectivity index (χ4n) is 0.929. The molecule has 1 aliphatic heterocycles. The molecule has 64 valence electrons. The van der Waals surface area contributed by atoms with Crippen LogP contribution in [-0.2, 0) is 0 Å². The second-order valence-electron chi connectivity index (χ2n) is 2.76. The normalized spacial score (nSPS) is 29.1. The molecule has 1 aliphatic rings. The van der Waals surface area contributed by atoms with Crippen LogP contribution in [-0.4, -0.2) is 22.8 Å². The van der Waals surface area contributed by atoms with Gasteiger partial charge in [-0.2, -0.15) is 5.26 Å². The first-order valence-corrected chi connectivity index (χ1v) is 3.44. The average molecular weight is 168 g/mol. The number of aliphatic hydroxyl groups is 1. The molecular weight excluding hydrogens is 159 g/mol. The summed E-state index contributed by atoms with van der Waals surface area (Å²) in [4.78, 5) is 1.18. The third-order valence-electron chi connectivity index (χ3n) is 1.97. The second-order valence-corrected chi connectivity index (χ2v) is 2.76. The van der Waals surface area contributed by atoms with Crippen LogP contribution in [0.2, 0.25) is 0 Å². The number of allylic oxidation sites excluding steroid dienone is 3. The molecule has 1 atom stereocenters. The van der Waals surface area contributed by atoms with Gasteiger partial charge in [-0.25, -0.2) is 4.39 Å². The van der Waals surface area contributed by atoms with Crippen molar-refractivity contribution >= 4 is 0 Å². The van der Waals surface area contributed by atoms with Gasteiger partial charge in [-0.15, -0.1) is 0 Å². The summed E-state index contributed by atoms with van der Waals surface area (Å²) in [6.07, 6.45) is 2.42. The van der Waals surface area contributed by atoms with Crippen LogP contribution in [0.15, 0.2) is 23.7 Å². The number of nitriles is 1. The number of halogens is 1. The Kier molecular flexibility index (Phi) is 1.90. The lowest BCUT2D eigenvalue weighted by atomic mass is 10.1. The van der Waals surface area contributed by atoms with Gasteiger partial charge in [0.2, 0.25) is 0 Å². The van der Waals surface area contributed by atoms with Gasteiger partial charge in [0.1, 0.15) is 11.8 Å². The molecule has 0 aliphatic carbocycles. The van der Waals surface area contributed by atoms with Crippen LogP contribution in [0.3, 0.4) is 0 Å².